The SMILES string of the molecule is C/C(=C\Cc1c(O)c(Cl)c(C)c(C=O)c1O)C(O)CC1(C)C(C)CCC(=O)C1C. The van der Waals surface area contributed by atoms with E-state index in [1.165, 1.54) is 0 Å². The molecule has 0 aliphatic heterocycles. The second-order valence-electron chi connectivity index (χ2n) is 8.65. The monoisotopic (exact) mass is 422 g/mol. The van der Waals surface area contributed by atoms with Crippen LogP contribution in [0, 0.1) is 24.2 Å². The summed E-state index contributed by atoms with van der Waals surface area (Å²) < 4.78 is 0. The molecule has 1 saturated carbocycles. The number of aliphatic hydroxyl groups excluding tert-OH is 1. The molecule has 2 rings (SSSR count). The van der Waals surface area contributed by atoms with E-state index in [1.54, 1.807) is 19.9 Å². The molecule has 0 amide bonds. The predicted octanol–water partition coefficient (Wildman–Crippen LogP) is 4.75. The van der Waals surface area contributed by atoms with Gasteiger partial charge in [-0.15, -0.1) is 0 Å². The van der Waals surface area contributed by atoms with E-state index in [2.05, 4.69) is 13.8 Å². The number of ketones is 1. The zero-order chi connectivity index (χ0) is 22.1. The summed E-state index contributed by atoms with van der Waals surface area (Å²) in [6.45, 7) is 9.45. The van der Waals surface area contributed by atoms with E-state index in [0.29, 0.717) is 36.2 Å². The van der Waals surface area contributed by atoms with Crippen LogP contribution in [0.25, 0.3) is 0 Å². The molecule has 4 unspecified atom stereocenters. The number of phenols is 2. The van der Waals surface area contributed by atoms with Crippen molar-refractivity contribution in [3.05, 3.63) is 33.4 Å². The average molecular weight is 423 g/mol. The van der Waals surface area contributed by atoms with Crippen molar-refractivity contribution in [3.8, 4) is 11.5 Å². The Hall–Kier alpha value is -1.85. The summed E-state index contributed by atoms with van der Waals surface area (Å²) in [5, 5.41) is 31.5. The van der Waals surface area contributed by atoms with Crippen molar-refractivity contribution in [1.82, 2.24) is 0 Å². The molecule has 0 bridgehead atoms. The molecule has 1 aromatic rings. The second kappa shape index (κ2) is 8.88. The summed E-state index contributed by atoms with van der Waals surface area (Å²) >= 11 is 6.09. The number of carbonyl (C=O) groups is 2. The quantitative estimate of drug-likeness (QED) is 0.454. The Morgan fingerprint density at radius 3 is 2.52 bits per heavy atom. The van der Waals surface area contributed by atoms with Gasteiger partial charge in [0.25, 0.3) is 0 Å². The number of aliphatic hydroxyl groups is 1. The van der Waals surface area contributed by atoms with E-state index in [4.69, 9.17) is 11.6 Å². The largest absolute Gasteiger partial charge is 0.507 e. The van der Waals surface area contributed by atoms with Gasteiger partial charge in [0.2, 0.25) is 0 Å². The number of benzene rings is 1. The maximum Gasteiger partial charge on any atom is 0.154 e. The first-order valence-corrected chi connectivity index (χ1v) is 10.4. The van der Waals surface area contributed by atoms with Gasteiger partial charge in [-0.3, -0.25) is 9.59 Å². The molecule has 0 saturated heterocycles. The molecule has 1 aromatic carbocycles. The van der Waals surface area contributed by atoms with Crippen molar-refractivity contribution < 1.29 is 24.9 Å². The van der Waals surface area contributed by atoms with Gasteiger partial charge in [-0.2, -0.15) is 0 Å². The molecule has 0 aromatic heterocycles. The molecule has 0 spiro atoms. The van der Waals surface area contributed by atoms with Gasteiger partial charge in [-0.05, 0) is 55.6 Å². The number of rotatable bonds is 6. The number of Topliss-reactive ketones (excluding diaryl/α,β-unsaturated/α-hetero) is 1. The number of aromatic hydroxyl groups is 2. The summed E-state index contributed by atoms with van der Waals surface area (Å²) in [4.78, 5) is 23.5. The number of allylic oxidation sites excluding steroid dienone is 1. The van der Waals surface area contributed by atoms with E-state index >= 15 is 0 Å². The van der Waals surface area contributed by atoms with Gasteiger partial charge >= 0.3 is 0 Å². The summed E-state index contributed by atoms with van der Waals surface area (Å²) in [5.41, 5.74) is 0.887. The fraction of sp³-hybridized carbons (Fsp3) is 0.565. The third kappa shape index (κ3) is 4.36. The molecule has 0 heterocycles. The Morgan fingerprint density at radius 2 is 1.93 bits per heavy atom. The van der Waals surface area contributed by atoms with Gasteiger partial charge in [-0.1, -0.05) is 38.4 Å². The van der Waals surface area contributed by atoms with Crippen LogP contribution in [0.1, 0.15) is 68.4 Å². The summed E-state index contributed by atoms with van der Waals surface area (Å²) in [6, 6.07) is 0. The van der Waals surface area contributed by atoms with Crippen LogP contribution in [0.2, 0.25) is 5.02 Å². The Bertz CT molecular complexity index is 844. The number of hydrogen-bond donors (Lipinski definition) is 3. The molecule has 5 nitrogen and oxygen atoms in total. The van der Waals surface area contributed by atoms with Gasteiger partial charge in [0.1, 0.15) is 17.3 Å². The first-order valence-electron chi connectivity index (χ1n) is 10.0. The highest BCUT2D eigenvalue weighted by Gasteiger charge is 2.44. The standard InChI is InChI=1S/C23H31ClO5/c1-12(19(27)10-23(5)13(2)7-9-18(26)15(23)4)6-8-16-21(28)17(11-25)14(3)20(24)22(16)29/h6,11,13,15,19,27-29H,7-10H2,1-5H3/b12-6+. The highest BCUT2D eigenvalue weighted by atomic mass is 35.5. The van der Waals surface area contributed by atoms with Crippen molar-refractivity contribution >= 4 is 23.7 Å². The molecular weight excluding hydrogens is 392 g/mol. The number of phenolic OH excluding ortho intramolecular Hbond substituents is 2. The van der Waals surface area contributed by atoms with Crippen LogP contribution in [0.3, 0.4) is 0 Å². The average Bonchev–Trinajstić information content (AvgIpc) is 2.68. The van der Waals surface area contributed by atoms with Crippen LogP contribution in [-0.4, -0.2) is 33.5 Å². The molecular formula is C23H31ClO5. The second-order valence-corrected chi connectivity index (χ2v) is 9.03. The van der Waals surface area contributed by atoms with Crippen LogP contribution in [0.4, 0.5) is 0 Å². The molecule has 4 atom stereocenters. The minimum absolute atomic E-state index is 0.0300. The smallest absolute Gasteiger partial charge is 0.154 e. The molecule has 6 heteroatoms. The van der Waals surface area contributed by atoms with Gasteiger partial charge in [0, 0.05) is 17.9 Å². The van der Waals surface area contributed by atoms with Gasteiger partial charge < -0.3 is 15.3 Å². The van der Waals surface area contributed by atoms with Crippen molar-refractivity contribution in [3.63, 3.8) is 0 Å². The lowest BCUT2D eigenvalue weighted by atomic mass is 9.59. The first kappa shape index (κ1) is 23.4. The maximum absolute atomic E-state index is 12.2. The zero-order valence-electron chi connectivity index (χ0n) is 17.8. The summed E-state index contributed by atoms with van der Waals surface area (Å²) in [6.07, 6.45) is 3.45. The number of carbonyl (C=O) groups excluding carboxylic acids is 2. The minimum atomic E-state index is -0.758. The Labute approximate surface area is 177 Å². The molecule has 1 aliphatic rings. The van der Waals surface area contributed by atoms with Gasteiger partial charge in [-0.25, -0.2) is 0 Å². The highest BCUT2D eigenvalue weighted by Crippen LogP contribution is 2.47. The Morgan fingerprint density at radius 1 is 1.31 bits per heavy atom. The normalized spacial score (nSPS) is 26.4. The Balaban J connectivity index is 2.25. The number of aldehydes is 1. The van der Waals surface area contributed by atoms with Crippen molar-refractivity contribution in [1.29, 1.82) is 0 Å². The topological polar surface area (TPSA) is 94.8 Å². The van der Waals surface area contributed by atoms with E-state index in [9.17, 15) is 24.9 Å². The molecule has 1 aliphatic carbocycles. The van der Waals surface area contributed by atoms with Crippen LogP contribution in [0.5, 0.6) is 11.5 Å². The molecule has 160 valence electrons. The fourth-order valence-corrected chi connectivity index (χ4v) is 4.49. The summed E-state index contributed by atoms with van der Waals surface area (Å²) in [7, 11) is 0. The molecule has 3 N–H and O–H groups in total. The molecule has 29 heavy (non-hydrogen) atoms. The zero-order valence-corrected chi connectivity index (χ0v) is 18.5. The lowest BCUT2D eigenvalue weighted by Crippen LogP contribution is -2.43. The van der Waals surface area contributed by atoms with Gasteiger partial charge in [0.15, 0.2) is 6.29 Å². The van der Waals surface area contributed by atoms with Crippen molar-refractivity contribution in [2.45, 2.75) is 66.4 Å². The van der Waals surface area contributed by atoms with Crippen LogP contribution in [0.15, 0.2) is 11.6 Å². The van der Waals surface area contributed by atoms with Crippen LogP contribution < -0.4 is 0 Å². The Kier molecular flexibility index (Phi) is 7.18. The van der Waals surface area contributed by atoms with Crippen LogP contribution >= 0.6 is 11.6 Å². The van der Waals surface area contributed by atoms with E-state index in [0.717, 1.165) is 6.42 Å². The van der Waals surface area contributed by atoms with E-state index in [-0.39, 0.29) is 51.2 Å². The van der Waals surface area contributed by atoms with E-state index in [1.807, 2.05) is 6.92 Å². The highest BCUT2D eigenvalue weighted by molar-refractivity contribution is 6.33. The van der Waals surface area contributed by atoms with Crippen LogP contribution in [-0.2, 0) is 11.2 Å². The lowest BCUT2D eigenvalue weighted by Gasteiger charge is -2.45. The third-order valence-corrected chi connectivity index (χ3v) is 7.56. The first-order chi connectivity index (χ1) is 13.5. The lowest BCUT2D eigenvalue weighted by molar-refractivity contribution is -0.133. The third-order valence-electron chi connectivity index (χ3n) is 7.09. The van der Waals surface area contributed by atoms with Gasteiger partial charge in [0.05, 0.1) is 16.7 Å². The van der Waals surface area contributed by atoms with E-state index < -0.39 is 6.10 Å². The molecule has 0 radical (unpaired) electrons. The summed E-state index contributed by atoms with van der Waals surface area (Å²) in [5.74, 6) is -0.127. The number of hydrogen-bond acceptors (Lipinski definition) is 5. The fourth-order valence-electron chi connectivity index (χ4n) is 4.27. The molecule has 1 fully saturated rings. The van der Waals surface area contributed by atoms with Crippen molar-refractivity contribution in [2.24, 2.45) is 17.3 Å². The minimum Gasteiger partial charge on any atom is -0.507 e. The van der Waals surface area contributed by atoms with Crippen molar-refractivity contribution in [2.75, 3.05) is 0 Å². The number of halogens is 1. The predicted molar refractivity (Wildman–Crippen MR) is 114 cm³/mol. The maximum atomic E-state index is 12.2.